The molecule has 2 rings (SSSR count). The third-order valence-electron chi connectivity index (χ3n) is 1.91. The predicted octanol–water partition coefficient (Wildman–Crippen LogP) is 1.44. The maximum Gasteiger partial charge on any atom is 0.183 e. The Labute approximate surface area is 85.8 Å². The van der Waals surface area contributed by atoms with Crippen LogP contribution >= 0.6 is 11.3 Å². The molecule has 0 aliphatic carbocycles. The summed E-state index contributed by atoms with van der Waals surface area (Å²) in [5, 5.41) is 13.9. The van der Waals surface area contributed by atoms with Gasteiger partial charge in [-0.25, -0.2) is 4.98 Å². The second-order valence-corrected chi connectivity index (χ2v) is 3.90. The van der Waals surface area contributed by atoms with Crippen LogP contribution in [-0.4, -0.2) is 19.7 Å². The zero-order valence-corrected chi connectivity index (χ0v) is 8.82. The second kappa shape index (κ2) is 3.75. The van der Waals surface area contributed by atoms with Crippen LogP contribution in [0, 0.1) is 0 Å². The maximum atomic E-state index is 4.15. The number of rotatable bonds is 3. The van der Waals surface area contributed by atoms with Crippen molar-refractivity contribution < 1.29 is 0 Å². The van der Waals surface area contributed by atoms with Gasteiger partial charge in [0.05, 0.1) is 6.04 Å². The van der Waals surface area contributed by atoms with E-state index >= 15 is 0 Å². The largest absolute Gasteiger partial charge is 0.352 e. The lowest BCUT2D eigenvalue weighted by Crippen LogP contribution is -2.11. The second-order valence-electron chi connectivity index (χ2n) is 3.00. The van der Waals surface area contributed by atoms with Gasteiger partial charge in [0.15, 0.2) is 11.0 Å². The van der Waals surface area contributed by atoms with Crippen molar-refractivity contribution in [2.24, 2.45) is 7.05 Å². The van der Waals surface area contributed by atoms with Crippen LogP contribution in [0.3, 0.4) is 0 Å². The monoisotopic (exact) mass is 209 g/mol. The van der Waals surface area contributed by atoms with Gasteiger partial charge in [0.1, 0.15) is 6.33 Å². The van der Waals surface area contributed by atoms with Crippen LogP contribution in [0.25, 0.3) is 0 Å². The predicted molar refractivity (Wildman–Crippen MR) is 55.2 cm³/mol. The summed E-state index contributed by atoms with van der Waals surface area (Å²) in [6.07, 6.45) is 3.46. The Bertz CT molecular complexity index is 394. The van der Waals surface area contributed by atoms with E-state index in [2.05, 4.69) is 20.5 Å². The average Bonchev–Trinajstić information content (AvgIpc) is 2.75. The number of hydrogen-bond donors (Lipinski definition) is 1. The molecule has 2 heterocycles. The van der Waals surface area contributed by atoms with Crippen LogP contribution in [0.15, 0.2) is 17.9 Å². The Hall–Kier alpha value is -1.43. The highest BCUT2D eigenvalue weighted by Gasteiger charge is 2.11. The fourth-order valence-electron chi connectivity index (χ4n) is 1.23. The topological polar surface area (TPSA) is 55.6 Å². The highest BCUT2D eigenvalue weighted by atomic mass is 32.1. The van der Waals surface area contributed by atoms with Gasteiger partial charge in [0.2, 0.25) is 0 Å². The summed E-state index contributed by atoms with van der Waals surface area (Å²) in [6.45, 7) is 2.03. The molecular weight excluding hydrogens is 198 g/mol. The summed E-state index contributed by atoms with van der Waals surface area (Å²) in [5.41, 5.74) is 0. The fourth-order valence-corrected chi connectivity index (χ4v) is 1.85. The summed E-state index contributed by atoms with van der Waals surface area (Å²) in [6, 6.07) is 0.119. The lowest BCUT2D eigenvalue weighted by molar-refractivity contribution is 0.718. The van der Waals surface area contributed by atoms with Gasteiger partial charge in [-0.05, 0) is 6.92 Å². The van der Waals surface area contributed by atoms with Gasteiger partial charge < -0.3 is 9.88 Å². The highest BCUT2D eigenvalue weighted by Crippen LogP contribution is 2.18. The van der Waals surface area contributed by atoms with Gasteiger partial charge >= 0.3 is 0 Å². The molecule has 0 radical (unpaired) electrons. The van der Waals surface area contributed by atoms with Crippen LogP contribution in [0.5, 0.6) is 0 Å². The summed E-state index contributed by atoms with van der Waals surface area (Å²) in [4.78, 5) is 4.15. The Balaban J connectivity index is 2.10. The van der Waals surface area contributed by atoms with Crippen LogP contribution in [0.4, 0.5) is 5.13 Å². The first-order valence-electron chi connectivity index (χ1n) is 4.27. The Morgan fingerprint density at radius 3 is 3.00 bits per heavy atom. The molecule has 0 spiro atoms. The molecule has 1 unspecified atom stereocenters. The molecule has 14 heavy (non-hydrogen) atoms. The highest BCUT2D eigenvalue weighted by molar-refractivity contribution is 7.13. The minimum atomic E-state index is 0.119. The van der Waals surface area contributed by atoms with Gasteiger partial charge in [0.25, 0.3) is 0 Å². The molecule has 2 aromatic heterocycles. The third-order valence-corrected chi connectivity index (χ3v) is 2.61. The maximum absolute atomic E-state index is 4.15. The fraction of sp³-hybridized carbons (Fsp3) is 0.375. The zero-order chi connectivity index (χ0) is 9.97. The van der Waals surface area contributed by atoms with Crippen molar-refractivity contribution in [1.29, 1.82) is 0 Å². The van der Waals surface area contributed by atoms with E-state index in [9.17, 15) is 0 Å². The number of aromatic nitrogens is 4. The minimum absolute atomic E-state index is 0.119. The van der Waals surface area contributed by atoms with Gasteiger partial charge in [-0.15, -0.1) is 21.5 Å². The van der Waals surface area contributed by atoms with Crippen molar-refractivity contribution in [3.05, 3.63) is 23.7 Å². The van der Waals surface area contributed by atoms with E-state index < -0.39 is 0 Å². The molecule has 0 aliphatic rings. The van der Waals surface area contributed by atoms with E-state index in [0.29, 0.717) is 0 Å². The molecular formula is C8H11N5S. The molecule has 0 saturated carbocycles. The summed E-state index contributed by atoms with van der Waals surface area (Å²) in [7, 11) is 1.93. The van der Waals surface area contributed by atoms with Crippen LogP contribution in [-0.2, 0) is 7.05 Å². The normalized spacial score (nSPS) is 12.7. The average molecular weight is 209 g/mol. The zero-order valence-electron chi connectivity index (χ0n) is 8.01. The lowest BCUT2D eigenvalue weighted by Gasteiger charge is -2.11. The Morgan fingerprint density at radius 2 is 2.43 bits per heavy atom. The molecule has 5 nitrogen and oxygen atoms in total. The van der Waals surface area contributed by atoms with E-state index in [1.54, 1.807) is 23.9 Å². The van der Waals surface area contributed by atoms with E-state index in [1.807, 2.05) is 23.9 Å². The van der Waals surface area contributed by atoms with Crippen molar-refractivity contribution in [3.63, 3.8) is 0 Å². The smallest absolute Gasteiger partial charge is 0.183 e. The number of thiazole rings is 1. The number of nitrogens with one attached hydrogen (secondary N) is 1. The van der Waals surface area contributed by atoms with E-state index in [-0.39, 0.29) is 6.04 Å². The molecule has 6 heteroatoms. The number of hydrogen-bond acceptors (Lipinski definition) is 5. The van der Waals surface area contributed by atoms with Gasteiger partial charge in [0, 0.05) is 18.6 Å². The SMILES string of the molecule is CC(Nc1nccs1)c1nncn1C. The van der Waals surface area contributed by atoms with Crippen molar-refractivity contribution >= 4 is 16.5 Å². The van der Waals surface area contributed by atoms with E-state index in [4.69, 9.17) is 0 Å². The van der Waals surface area contributed by atoms with Gasteiger partial charge in [-0.1, -0.05) is 0 Å². The van der Waals surface area contributed by atoms with Crippen molar-refractivity contribution in [2.45, 2.75) is 13.0 Å². The number of nitrogens with zero attached hydrogens (tertiary/aromatic N) is 4. The van der Waals surface area contributed by atoms with Crippen molar-refractivity contribution in [2.75, 3.05) is 5.32 Å². The minimum Gasteiger partial charge on any atom is -0.352 e. The molecule has 1 atom stereocenters. The molecule has 0 saturated heterocycles. The Kier molecular flexibility index (Phi) is 2.45. The standard InChI is InChI=1S/C8H11N5S/c1-6(7-12-10-5-13(7)2)11-8-9-3-4-14-8/h3-6H,1-2H3,(H,9,11). The number of anilines is 1. The van der Waals surface area contributed by atoms with Crippen molar-refractivity contribution in [1.82, 2.24) is 19.7 Å². The molecule has 1 N–H and O–H groups in total. The molecule has 0 bridgehead atoms. The summed E-state index contributed by atoms with van der Waals surface area (Å²) < 4.78 is 1.89. The first-order valence-corrected chi connectivity index (χ1v) is 5.15. The summed E-state index contributed by atoms with van der Waals surface area (Å²) in [5.74, 6) is 0.903. The quantitative estimate of drug-likeness (QED) is 0.831. The molecule has 0 amide bonds. The van der Waals surface area contributed by atoms with Crippen LogP contribution in [0.1, 0.15) is 18.8 Å². The van der Waals surface area contributed by atoms with Gasteiger partial charge in [-0.3, -0.25) is 0 Å². The first kappa shape index (κ1) is 9.14. The van der Waals surface area contributed by atoms with Gasteiger partial charge in [-0.2, -0.15) is 0 Å². The van der Waals surface area contributed by atoms with Crippen LogP contribution < -0.4 is 5.32 Å². The van der Waals surface area contributed by atoms with Crippen LogP contribution in [0.2, 0.25) is 0 Å². The lowest BCUT2D eigenvalue weighted by atomic mass is 10.3. The molecule has 0 aliphatic heterocycles. The van der Waals surface area contributed by atoms with E-state index in [0.717, 1.165) is 11.0 Å². The molecule has 2 aromatic rings. The number of aryl methyl sites for hydroxylation is 1. The first-order chi connectivity index (χ1) is 6.77. The third kappa shape index (κ3) is 1.74. The molecule has 0 fully saturated rings. The molecule has 0 aromatic carbocycles. The van der Waals surface area contributed by atoms with E-state index in [1.165, 1.54) is 0 Å². The summed E-state index contributed by atoms with van der Waals surface area (Å²) >= 11 is 1.57. The van der Waals surface area contributed by atoms with Crippen molar-refractivity contribution in [3.8, 4) is 0 Å². The molecule has 74 valence electrons. The Morgan fingerprint density at radius 1 is 1.57 bits per heavy atom.